The molecule has 0 aliphatic carbocycles. The number of carbonyl (C=O) groups is 2. The third-order valence-corrected chi connectivity index (χ3v) is 3.38. The minimum atomic E-state index is -0.892. The molecule has 1 saturated heterocycles. The zero-order chi connectivity index (χ0) is 14.0. The molecule has 2 amide bonds. The summed E-state index contributed by atoms with van der Waals surface area (Å²) >= 11 is 0. The maximum Gasteiger partial charge on any atom is 0.320 e. The second-order valence-electron chi connectivity index (χ2n) is 4.81. The van der Waals surface area contributed by atoms with Crippen molar-refractivity contribution >= 4 is 12.0 Å². The topological polar surface area (TPSA) is 73.7 Å². The van der Waals surface area contributed by atoms with Gasteiger partial charge in [0.2, 0.25) is 0 Å². The summed E-state index contributed by atoms with van der Waals surface area (Å²) in [6.45, 7) is 2.30. The highest BCUT2D eigenvalue weighted by Crippen LogP contribution is 2.27. The third-order valence-electron chi connectivity index (χ3n) is 3.38. The van der Waals surface area contributed by atoms with Gasteiger partial charge < -0.3 is 14.9 Å². The van der Waals surface area contributed by atoms with Crippen molar-refractivity contribution in [2.45, 2.75) is 13.0 Å². The Morgan fingerprint density at radius 2 is 2.32 bits per heavy atom. The van der Waals surface area contributed by atoms with E-state index in [1.807, 2.05) is 18.2 Å². The number of rotatable bonds is 4. The van der Waals surface area contributed by atoms with Crippen molar-refractivity contribution in [3.8, 4) is 0 Å². The number of aromatic nitrogens is 1. The Bertz CT molecular complexity index is 477. The van der Waals surface area contributed by atoms with Crippen molar-refractivity contribution in [3.63, 3.8) is 0 Å². The summed E-state index contributed by atoms with van der Waals surface area (Å²) in [6.07, 6.45) is 1.69. The first-order valence-corrected chi connectivity index (χ1v) is 6.16. The highest BCUT2D eigenvalue weighted by Gasteiger charge is 2.37. The molecule has 6 nitrogen and oxygen atoms in total. The lowest BCUT2D eigenvalue weighted by Gasteiger charge is -2.17. The number of nitrogens with zero attached hydrogens (tertiary/aromatic N) is 3. The van der Waals surface area contributed by atoms with Gasteiger partial charge in [-0.05, 0) is 12.1 Å². The molecule has 1 aliphatic heterocycles. The summed E-state index contributed by atoms with van der Waals surface area (Å²) in [5.74, 6) is -1.46. The standard InChI is InChI=1S/C13H17N3O3/c1-9(12(17)18)7-16-8-11(15(2)13(16)19)10-5-3-4-6-14-10/h3-6,9,11H,7-8H2,1-2H3,(H,17,18). The van der Waals surface area contributed by atoms with Gasteiger partial charge in [-0.3, -0.25) is 9.78 Å². The lowest BCUT2D eigenvalue weighted by atomic mass is 10.1. The normalized spacial score (nSPS) is 20.7. The summed E-state index contributed by atoms with van der Waals surface area (Å²) in [4.78, 5) is 30.4. The third kappa shape index (κ3) is 2.67. The predicted molar refractivity (Wildman–Crippen MR) is 68.5 cm³/mol. The largest absolute Gasteiger partial charge is 0.481 e. The van der Waals surface area contributed by atoms with Gasteiger partial charge >= 0.3 is 12.0 Å². The molecule has 1 fully saturated rings. The monoisotopic (exact) mass is 263 g/mol. The molecule has 2 unspecified atom stereocenters. The second-order valence-corrected chi connectivity index (χ2v) is 4.81. The van der Waals surface area contributed by atoms with E-state index in [0.717, 1.165) is 5.69 Å². The summed E-state index contributed by atoms with van der Waals surface area (Å²) in [5.41, 5.74) is 0.823. The van der Waals surface area contributed by atoms with Gasteiger partial charge in [-0.15, -0.1) is 0 Å². The Morgan fingerprint density at radius 3 is 2.89 bits per heavy atom. The number of carbonyl (C=O) groups excluding carboxylic acids is 1. The van der Waals surface area contributed by atoms with Gasteiger partial charge in [0, 0.05) is 26.3 Å². The number of urea groups is 1. The van der Waals surface area contributed by atoms with E-state index in [2.05, 4.69) is 4.98 Å². The number of hydrogen-bond acceptors (Lipinski definition) is 3. The number of carboxylic acid groups (broad SMARTS) is 1. The van der Waals surface area contributed by atoms with Crippen LogP contribution in [0.5, 0.6) is 0 Å². The van der Waals surface area contributed by atoms with Gasteiger partial charge in [-0.2, -0.15) is 0 Å². The molecular weight excluding hydrogens is 246 g/mol. The van der Waals surface area contributed by atoms with Crippen molar-refractivity contribution in [1.82, 2.24) is 14.8 Å². The van der Waals surface area contributed by atoms with E-state index in [1.165, 1.54) is 0 Å². The molecule has 1 N–H and O–H groups in total. The first-order valence-electron chi connectivity index (χ1n) is 6.16. The van der Waals surface area contributed by atoms with Crippen LogP contribution < -0.4 is 0 Å². The van der Waals surface area contributed by atoms with Crippen molar-refractivity contribution in [2.24, 2.45) is 5.92 Å². The van der Waals surface area contributed by atoms with Crippen molar-refractivity contribution in [3.05, 3.63) is 30.1 Å². The average molecular weight is 263 g/mol. The Morgan fingerprint density at radius 1 is 1.58 bits per heavy atom. The van der Waals surface area contributed by atoms with Crippen LogP contribution in [-0.2, 0) is 4.79 Å². The van der Waals surface area contributed by atoms with Crippen LogP contribution in [0.4, 0.5) is 4.79 Å². The van der Waals surface area contributed by atoms with E-state index in [1.54, 1.807) is 30.0 Å². The van der Waals surface area contributed by atoms with E-state index >= 15 is 0 Å². The quantitative estimate of drug-likeness (QED) is 0.886. The number of carboxylic acids is 1. The number of likely N-dealkylation sites (N-methyl/N-ethyl adjacent to an activating group) is 1. The van der Waals surface area contributed by atoms with Crippen LogP contribution >= 0.6 is 0 Å². The predicted octanol–water partition coefficient (Wildman–Crippen LogP) is 1.21. The van der Waals surface area contributed by atoms with Gasteiger partial charge in [-0.25, -0.2) is 4.79 Å². The summed E-state index contributed by atoms with van der Waals surface area (Å²) < 4.78 is 0. The van der Waals surface area contributed by atoms with Crippen LogP contribution in [0, 0.1) is 5.92 Å². The number of pyridine rings is 1. The van der Waals surface area contributed by atoms with Crippen LogP contribution in [0.1, 0.15) is 18.7 Å². The van der Waals surface area contributed by atoms with Crippen LogP contribution in [-0.4, -0.2) is 52.0 Å². The first-order chi connectivity index (χ1) is 9.00. The molecule has 2 heterocycles. The fraction of sp³-hybridized carbons (Fsp3) is 0.462. The maximum atomic E-state index is 12.1. The molecule has 0 saturated carbocycles. The Balaban J connectivity index is 2.11. The van der Waals surface area contributed by atoms with Crippen LogP contribution in [0.15, 0.2) is 24.4 Å². The summed E-state index contributed by atoms with van der Waals surface area (Å²) in [7, 11) is 1.72. The lowest BCUT2D eigenvalue weighted by molar-refractivity contribution is -0.141. The molecule has 1 aromatic heterocycles. The lowest BCUT2D eigenvalue weighted by Crippen LogP contribution is -2.35. The highest BCUT2D eigenvalue weighted by atomic mass is 16.4. The number of hydrogen-bond donors (Lipinski definition) is 1. The van der Waals surface area contributed by atoms with Crippen LogP contribution in [0.3, 0.4) is 0 Å². The minimum absolute atomic E-state index is 0.116. The Labute approximate surface area is 111 Å². The van der Waals surface area contributed by atoms with E-state index in [0.29, 0.717) is 6.54 Å². The van der Waals surface area contributed by atoms with E-state index < -0.39 is 11.9 Å². The fourth-order valence-electron chi connectivity index (χ4n) is 2.19. The van der Waals surface area contributed by atoms with Crippen molar-refractivity contribution in [2.75, 3.05) is 20.1 Å². The summed E-state index contributed by atoms with van der Waals surface area (Å²) in [6, 6.07) is 5.31. The SMILES string of the molecule is CC(CN1CC(c2ccccn2)N(C)C1=O)C(=O)O. The Hall–Kier alpha value is -2.11. The molecule has 1 aliphatic rings. The first kappa shape index (κ1) is 13.3. The van der Waals surface area contributed by atoms with Gasteiger partial charge in [0.1, 0.15) is 0 Å². The number of aliphatic carboxylic acids is 1. The zero-order valence-electron chi connectivity index (χ0n) is 11.0. The van der Waals surface area contributed by atoms with E-state index in [-0.39, 0.29) is 18.6 Å². The molecule has 2 atom stereocenters. The minimum Gasteiger partial charge on any atom is -0.481 e. The molecule has 0 spiro atoms. The molecule has 1 aromatic rings. The molecule has 6 heteroatoms. The van der Waals surface area contributed by atoms with Crippen molar-refractivity contribution < 1.29 is 14.7 Å². The van der Waals surface area contributed by atoms with E-state index in [9.17, 15) is 9.59 Å². The van der Waals surface area contributed by atoms with Gasteiger partial charge in [0.25, 0.3) is 0 Å². The van der Waals surface area contributed by atoms with Gasteiger partial charge in [-0.1, -0.05) is 13.0 Å². The van der Waals surface area contributed by atoms with Gasteiger partial charge in [0.05, 0.1) is 17.7 Å². The summed E-state index contributed by atoms with van der Waals surface area (Å²) in [5, 5.41) is 8.91. The van der Waals surface area contributed by atoms with E-state index in [4.69, 9.17) is 5.11 Å². The number of amides is 2. The van der Waals surface area contributed by atoms with Crippen LogP contribution in [0.2, 0.25) is 0 Å². The van der Waals surface area contributed by atoms with Gasteiger partial charge in [0.15, 0.2) is 0 Å². The molecule has 2 rings (SSSR count). The van der Waals surface area contributed by atoms with Crippen molar-refractivity contribution in [1.29, 1.82) is 0 Å². The molecule has 0 aromatic carbocycles. The molecule has 0 radical (unpaired) electrons. The Kier molecular flexibility index (Phi) is 3.69. The van der Waals surface area contributed by atoms with Crippen LogP contribution in [0.25, 0.3) is 0 Å². The highest BCUT2D eigenvalue weighted by molar-refractivity contribution is 5.78. The zero-order valence-corrected chi connectivity index (χ0v) is 11.0. The fourth-order valence-corrected chi connectivity index (χ4v) is 2.19. The smallest absolute Gasteiger partial charge is 0.320 e. The molecule has 102 valence electrons. The average Bonchev–Trinajstić information content (AvgIpc) is 2.68. The molecular formula is C13H17N3O3. The molecule has 0 bridgehead atoms. The second kappa shape index (κ2) is 5.26. The molecule has 19 heavy (non-hydrogen) atoms. The maximum absolute atomic E-state index is 12.1.